The molecule has 0 aliphatic rings. The molecule has 1 heterocycles. The Bertz CT molecular complexity index is 344. The molecule has 0 aliphatic carbocycles. The van der Waals surface area contributed by atoms with Crippen LogP contribution in [0.3, 0.4) is 0 Å². The summed E-state index contributed by atoms with van der Waals surface area (Å²) >= 11 is 1.61. The van der Waals surface area contributed by atoms with E-state index in [0.29, 0.717) is 0 Å². The molecule has 0 bridgehead atoms. The van der Waals surface area contributed by atoms with Gasteiger partial charge in [-0.1, -0.05) is 6.92 Å². The molecule has 5 heteroatoms. The molecule has 15 heavy (non-hydrogen) atoms. The number of rotatable bonds is 4. The van der Waals surface area contributed by atoms with Gasteiger partial charge in [0.25, 0.3) is 0 Å². The molecular formula is C10H14N2O2S. The van der Waals surface area contributed by atoms with Gasteiger partial charge in [-0.15, -0.1) is 0 Å². The minimum Gasteiger partial charge on any atom is -0.504 e. The second-order valence-corrected chi connectivity index (χ2v) is 4.13. The highest BCUT2D eigenvalue weighted by atomic mass is 32.2. The van der Waals surface area contributed by atoms with Gasteiger partial charge in [0.1, 0.15) is 0 Å². The van der Waals surface area contributed by atoms with Crippen LogP contribution in [0.1, 0.15) is 6.92 Å². The van der Waals surface area contributed by atoms with E-state index in [1.807, 2.05) is 13.2 Å². The predicted molar refractivity (Wildman–Crippen MR) is 62.1 cm³/mol. The summed E-state index contributed by atoms with van der Waals surface area (Å²) in [6.07, 6.45) is 3.47. The van der Waals surface area contributed by atoms with Crippen molar-refractivity contribution in [2.75, 3.05) is 17.3 Å². The SMILES string of the molecule is CSC[C@@H](C)C(=O)Nc1ncccc1O. The fourth-order valence-corrected chi connectivity index (χ4v) is 1.71. The summed E-state index contributed by atoms with van der Waals surface area (Å²) in [7, 11) is 0. The van der Waals surface area contributed by atoms with E-state index < -0.39 is 0 Å². The third-order valence-corrected chi connectivity index (χ3v) is 2.73. The van der Waals surface area contributed by atoms with Gasteiger partial charge in [0.05, 0.1) is 0 Å². The summed E-state index contributed by atoms with van der Waals surface area (Å²) in [4.78, 5) is 15.5. The monoisotopic (exact) mass is 226 g/mol. The van der Waals surface area contributed by atoms with Gasteiger partial charge in [-0.3, -0.25) is 4.79 Å². The summed E-state index contributed by atoms with van der Waals surface area (Å²) < 4.78 is 0. The first-order chi connectivity index (χ1) is 7.15. The summed E-state index contributed by atoms with van der Waals surface area (Å²) in [5.74, 6) is 0.733. The number of aromatic hydroxyl groups is 1. The van der Waals surface area contributed by atoms with Gasteiger partial charge in [0, 0.05) is 17.9 Å². The lowest BCUT2D eigenvalue weighted by Gasteiger charge is -2.10. The molecule has 0 unspecified atom stereocenters. The van der Waals surface area contributed by atoms with Gasteiger partial charge in [0.15, 0.2) is 11.6 Å². The number of carbonyl (C=O) groups excluding carboxylic acids is 1. The van der Waals surface area contributed by atoms with Crippen LogP contribution in [-0.2, 0) is 4.79 Å². The topological polar surface area (TPSA) is 62.2 Å². The molecule has 0 aromatic carbocycles. The molecule has 1 rings (SSSR count). The van der Waals surface area contributed by atoms with Crippen LogP contribution in [0.25, 0.3) is 0 Å². The summed E-state index contributed by atoms with van der Waals surface area (Å²) in [6, 6.07) is 3.10. The van der Waals surface area contributed by atoms with E-state index in [1.165, 1.54) is 12.3 Å². The minimum absolute atomic E-state index is 0.0119. The molecule has 0 radical (unpaired) electrons. The highest BCUT2D eigenvalue weighted by Crippen LogP contribution is 2.19. The van der Waals surface area contributed by atoms with Crippen molar-refractivity contribution in [3.05, 3.63) is 18.3 Å². The number of hydrogen-bond acceptors (Lipinski definition) is 4. The van der Waals surface area contributed by atoms with Crippen molar-refractivity contribution in [2.24, 2.45) is 5.92 Å². The Morgan fingerprint density at radius 2 is 2.47 bits per heavy atom. The molecule has 1 atom stereocenters. The Labute approximate surface area is 93.1 Å². The molecule has 0 fully saturated rings. The van der Waals surface area contributed by atoms with Crippen LogP contribution in [0.2, 0.25) is 0 Å². The van der Waals surface area contributed by atoms with Crippen molar-refractivity contribution in [1.82, 2.24) is 4.98 Å². The van der Waals surface area contributed by atoms with Gasteiger partial charge < -0.3 is 10.4 Å². The van der Waals surface area contributed by atoms with Gasteiger partial charge in [-0.05, 0) is 18.4 Å². The fourth-order valence-electron chi connectivity index (χ4n) is 1.06. The number of carbonyl (C=O) groups is 1. The zero-order valence-corrected chi connectivity index (χ0v) is 9.54. The standard InChI is InChI=1S/C10H14N2O2S/c1-7(6-15-2)10(14)12-9-8(13)4-3-5-11-9/h3-5,7,13H,6H2,1-2H3,(H,11,12,14)/t7-/m1/s1. The second-order valence-electron chi connectivity index (χ2n) is 3.22. The zero-order chi connectivity index (χ0) is 11.3. The highest BCUT2D eigenvalue weighted by Gasteiger charge is 2.14. The Hall–Kier alpha value is -1.23. The molecule has 0 aliphatic heterocycles. The maximum Gasteiger partial charge on any atom is 0.229 e. The van der Waals surface area contributed by atoms with Gasteiger partial charge in [-0.2, -0.15) is 11.8 Å². The third-order valence-electron chi connectivity index (χ3n) is 1.89. The predicted octanol–water partition coefficient (Wildman–Crippen LogP) is 1.72. The number of amides is 1. The lowest BCUT2D eigenvalue weighted by Crippen LogP contribution is -2.22. The van der Waals surface area contributed by atoms with E-state index >= 15 is 0 Å². The highest BCUT2D eigenvalue weighted by molar-refractivity contribution is 7.98. The first-order valence-corrected chi connectivity index (χ1v) is 5.98. The molecule has 0 saturated heterocycles. The fraction of sp³-hybridized carbons (Fsp3) is 0.400. The van der Waals surface area contributed by atoms with Crippen LogP contribution in [-0.4, -0.2) is 28.0 Å². The summed E-state index contributed by atoms with van der Waals surface area (Å²) in [5.41, 5.74) is 0. The number of hydrogen-bond donors (Lipinski definition) is 2. The molecule has 2 N–H and O–H groups in total. The first kappa shape index (κ1) is 11.8. The Balaban J connectivity index is 2.62. The Kier molecular flexibility index (Phi) is 4.42. The van der Waals surface area contributed by atoms with E-state index in [1.54, 1.807) is 17.8 Å². The first-order valence-electron chi connectivity index (χ1n) is 4.59. The molecule has 1 aromatic rings. The van der Waals surface area contributed by atoms with Crippen molar-refractivity contribution in [1.29, 1.82) is 0 Å². The van der Waals surface area contributed by atoms with Crippen LogP contribution < -0.4 is 5.32 Å². The minimum atomic E-state index is -0.127. The van der Waals surface area contributed by atoms with E-state index in [2.05, 4.69) is 10.3 Å². The van der Waals surface area contributed by atoms with Crippen molar-refractivity contribution in [2.45, 2.75) is 6.92 Å². The van der Waals surface area contributed by atoms with Crippen LogP contribution in [0.5, 0.6) is 5.75 Å². The molecule has 1 aromatic heterocycles. The van der Waals surface area contributed by atoms with E-state index in [4.69, 9.17) is 0 Å². The molecule has 0 spiro atoms. The average molecular weight is 226 g/mol. The zero-order valence-electron chi connectivity index (χ0n) is 8.73. The second kappa shape index (κ2) is 5.60. The Morgan fingerprint density at radius 3 is 3.07 bits per heavy atom. The van der Waals surface area contributed by atoms with Gasteiger partial charge >= 0.3 is 0 Å². The number of thioether (sulfide) groups is 1. The lowest BCUT2D eigenvalue weighted by atomic mass is 10.2. The van der Waals surface area contributed by atoms with Crippen LogP contribution in [0.15, 0.2) is 18.3 Å². The lowest BCUT2D eigenvalue weighted by molar-refractivity contribution is -0.118. The van der Waals surface area contributed by atoms with E-state index in [9.17, 15) is 9.90 Å². The maximum atomic E-state index is 11.6. The average Bonchev–Trinajstić information content (AvgIpc) is 2.21. The summed E-state index contributed by atoms with van der Waals surface area (Å²) in [5, 5.41) is 12.0. The molecule has 1 amide bonds. The Morgan fingerprint density at radius 1 is 1.73 bits per heavy atom. The largest absolute Gasteiger partial charge is 0.504 e. The number of nitrogens with zero attached hydrogens (tertiary/aromatic N) is 1. The van der Waals surface area contributed by atoms with Crippen LogP contribution in [0.4, 0.5) is 5.82 Å². The summed E-state index contributed by atoms with van der Waals surface area (Å²) in [6.45, 7) is 1.84. The smallest absolute Gasteiger partial charge is 0.229 e. The van der Waals surface area contributed by atoms with E-state index in [0.717, 1.165) is 5.75 Å². The molecule has 4 nitrogen and oxygen atoms in total. The molecular weight excluding hydrogens is 212 g/mol. The third kappa shape index (κ3) is 3.43. The number of aromatic nitrogens is 1. The van der Waals surface area contributed by atoms with Crippen molar-refractivity contribution in [3.63, 3.8) is 0 Å². The quantitative estimate of drug-likeness (QED) is 0.820. The maximum absolute atomic E-state index is 11.6. The van der Waals surface area contributed by atoms with Crippen molar-refractivity contribution >= 4 is 23.5 Å². The van der Waals surface area contributed by atoms with Crippen LogP contribution >= 0.6 is 11.8 Å². The molecule has 82 valence electrons. The van der Waals surface area contributed by atoms with E-state index in [-0.39, 0.29) is 23.4 Å². The number of pyridine rings is 1. The van der Waals surface area contributed by atoms with Crippen molar-refractivity contribution < 1.29 is 9.90 Å². The van der Waals surface area contributed by atoms with Crippen molar-refractivity contribution in [3.8, 4) is 5.75 Å². The van der Waals surface area contributed by atoms with Gasteiger partial charge in [0.2, 0.25) is 5.91 Å². The number of nitrogens with one attached hydrogen (secondary N) is 1. The number of anilines is 1. The molecule has 0 saturated carbocycles. The normalized spacial score (nSPS) is 12.1. The van der Waals surface area contributed by atoms with Crippen LogP contribution in [0, 0.1) is 5.92 Å². The van der Waals surface area contributed by atoms with Gasteiger partial charge in [-0.25, -0.2) is 4.98 Å².